The molecule has 124 valence electrons. The summed E-state index contributed by atoms with van der Waals surface area (Å²) in [5, 5.41) is 6.37. The number of guanidine groups is 1. The van der Waals surface area contributed by atoms with Gasteiger partial charge in [-0.05, 0) is 36.6 Å². The Morgan fingerprint density at radius 1 is 1.23 bits per heavy atom. The van der Waals surface area contributed by atoms with Crippen molar-refractivity contribution < 1.29 is 4.79 Å². The van der Waals surface area contributed by atoms with Crippen molar-refractivity contribution in [1.29, 1.82) is 0 Å². The molecule has 0 aromatic heterocycles. The first-order valence-electron chi connectivity index (χ1n) is 7.06. The molecule has 0 aliphatic heterocycles. The van der Waals surface area contributed by atoms with Gasteiger partial charge in [-0.1, -0.05) is 25.4 Å². The zero-order valence-corrected chi connectivity index (χ0v) is 16.0. The topological polar surface area (TPSA) is 79.5 Å². The van der Waals surface area contributed by atoms with Gasteiger partial charge in [-0.25, -0.2) is 0 Å². The summed E-state index contributed by atoms with van der Waals surface area (Å²) in [6.07, 6.45) is 1.01. The summed E-state index contributed by atoms with van der Waals surface area (Å²) in [7, 11) is 0. The fraction of sp³-hybridized carbons (Fsp3) is 0.467. The first kappa shape index (κ1) is 21.0. The summed E-state index contributed by atoms with van der Waals surface area (Å²) in [4.78, 5) is 16.0. The SMILES string of the molecule is CC(C)CCN=C(N)NCCNC(=O)c1ccc(Cl)cc1.I. The van der Waals surface area contributed by atoms with Crippen LogP contribution in [0.1, 0.15) is 30.6 Å². The standard InChI is InChI=1S/C15H23ClN4O.HI/c1-11(2)7-8-19-15(17)20-10-9-18-14(21)12-3-5-13(16)6-4-12;/h3-6,11H,7-10H2,1-2H3,(H,18,21)(H3,17,19,20);1H. The van der Waals surface area contributed by atoms with E-state index in [2.05, 4.69) is 29.5 Å². The second kappa shape index (κ2) is 11.5. The molecule has 22 heavy (non-hydrogen) atoms. The molecule has 0 saturated heterocycles. The van der Waals surface area contributed by atoms with Crippen molar-refractivity contribution in [3.63, 3.8) is 0 Å². The van der Waals surface area contributed by atoms with Crippen LogP contribution in [-0.2, 0) is 0 Å². The molecule has 0 heterocycles. The Balaban J connectivity index is 0.00000441. The van der Waals surface area contributed by atoms with Crippen LogP contribution in [0.25, 0.3) is 0 Å². The predicted molar refractivity (Wildman–Crippen MR) is 103 cm³/mol. The Kier molecular flexibility index (Phi) is 11.0. The maximum atomic E-state index is 11.8. The Bertz CT molecular complexity index is 477. The van der Waals surface area contributed by atoms with Crippen LogP contribution in [-0.4, -0.2) is 31.5 Å². The Morgan fingerprint density at radius 3 is 2.41 bits per heavy atom. The van der Waals surface area contributed by atoms with E-state index in [0.717, 1.165) is 6.42 Å². The van der Waals surface area contributed by atoms with E-state index in [9.17, 15) is 4.79 Å². The molecule has 0 fully saturated rings. The van der Waals surface area contributed by atoms with Gasteiger partial charge in [-0.2, -0.15) is 0 Å². The molecule has 7 heteroatoms. The third-order valence-corrected chi connectivity index (χ3v) is 3.06. The van der Waals surface area contributed by atoms with E-state index in [1.165, 1.54) is 0 Å². The minimum absolute atomic E-state index is 0. The van der Waals surface area contributed by atoms with E-state index < -0.39 is 0 Å². The molecule has 4 N–H and O–H groups in total. The molecule has 0 radical (unpaired) electrons. The number of rotatable bonds is 7. The highest BCUT2D eigenvalue weighted by molar-refractivity contribution is 14.0. The van der Waals surface area contributed by atoms with Crippen molar-refractivity contribution in [2.24, 2.45) is 16.6 Å². The summed E-state index contributed by atoms with van der Waals surface area (Å²) in [6, 6.07) is 6.75. The lowest BCUT2D eigenvalue weighted by molar-refractivity contribution is 0.0954. The first-order valence-corrected chi connectivity index (χ1v) is 7.44. The lowest BCUT2D eigenvalue weighted by atomic mass is 10.1. The number of amides is 1. The summed E-state index contributed by atoms with van der Waals surface area (Å²) in [5.41, 5.74) is 6.30. The average Bonchev–Trinajstić information content (AvgIpc) is 2.43. The van der Waals surface area contributed by atoms with Gasteiger partial charge in [0.25, 0.3) is 5.91 Å². The Labute approximate surface area is 154 Å². The van der Waals surface area contributed by atoms with Crippen molar-refractivity contribution in [3.05, 3.63) is 34.9 Å². The van der Waals surface area contributed by atoms with Gasteiger partial charge in [0.2, 0.25) is 0 Å². The fourth-order valence-corrected chi connectivity index (χ4v) is 1.70. The number of hydrogen-bond acceptors (Lipinski definition) is 2. The predicted octanol–water partition coefficient (Wildman–Crippen LogP) is 2.64. The minimum Gasteiger partial charge on any atom is -0.370 e. The summed E-state index contributed by atoms with van der Waals surface area (Å²) >= 11 is 5.77. The van der Waals surface area contributed by atoms with E-state index in [-0.39, 0.29) is 29.9 Å². The van der Waals surface area contributed by atoms with Crippen molar-refractivity contribution in [2.75, 3.05) is 19.6 Å². The quantitative estimate of drug-likeness (QED) is 0.265. The Hall–Kier alpha value is -1.02. The number of carbonyl (C=O) groups is 1. The van der Waals surface area contributed by atoms with Gasteiger partial charge in [-0.15, -0.1) is 24.0 Å². The molecular formula is C15H24ClIN4O. The van der Waals surface area contributed by atoms with Crippen LogP contribution in [0.2, 0.25) is 5.02 Å². The molecule has 1 aromatic carbocycles. The van der Waals surface area contributed by atoms with Crippen LogP contribution in [0.15, 0.2) is 29.3 Å². The van der Waals surface area contributed by atoms with Gasteiger partial charge in [0.15, 0.2) is 5.96 Å². The smallest absolute Gasteiger partial charge is 0.251 e. The van der Waals surface area contributed by atoms with E-state index in [1.807, 2.05) is 0 Å². The van der Waals surface area contributed by atoms with Crippen LogP contribution in [0, 0.1) is 5.92 Å². The van der Waals surface area contributed by atoms with Gasteiger partial charge in [0.1, 0.15) is 0 Å². The number of nitrogens with zero attached hydrogens (tertiary/aromatic N) is 1. The largest absolute Gasteiger partial charge is 0.370 e. The van der Waals surface area contributed by atoms with Crippen LogP contribution >= 0.6 is 35.6 Å². The monoisotopic (exact) mass is 438 g/mol. The number of aliphatic imine (C=N–C) groups is 1. The van der Waals surface area contributed by atoms with Gasteiger partial charge in [0.05, 0.1) is 0 Å². The highest BCUT2D eigenvalue weighted by Crippen LogP contribution is 2.09. The molecule has 0 unspecified atom stereocenters. The lowest BCUT2D eigenvalue weighted by Crippen LogP contribution is -2.38. The van der Waals surface area contributed by atoms with E-state index in [1.54, 1.807) is 24.3 Å². The normalized spacial score (nSPS) is 11.0. The number of halogens is 2. The molecule has 1 aromatic rings. The number of nitrogens with one attached hydrogen (secondary N) is 2. The maximum Gasteiger partial charge on any atom is 0.251 e. The van der Waals surface area contributed by atoms with E-state index in [0.29, 0.717) is 42.1 Å². The molecule has 0 aliphatic carbocycles. The molecule has 0 atom stereocenters. The van der Waals surface area contributed by atoms with Crippen molar-refractivity contribution in [1.82, 2.24) is 10.6 Å². The molecule has 1 amide bonds. The van der Waals surface area contributed by atoms with E-state index in [4.69, 9.17) is 17.3 Å². The van der Waals surface area contributed by atoms with E-state index >= 15 is 0 Å². The van der Waals surface area contributed by atoms with Gasteiger partial charge < -0.3 is 16.4 Å². The maximum absolute atomic E-state index is 11.8. The first-order chi connectivity index (χ1) is 9.99. The van der Waals surface area contributed by atoms with Crippen LogP contribution in [0.4, 0.5) is 0 Å². The molecule has 0 saturated carbocycles. The molecular weight excluding hydrogens is 415 g/mol. The number of nitrogens with two attached hydrogens (primary N) is 1. The number of benzene rings is 1. The average molecular weight is 439 g/mol. The van der Waals surface area contributed by atoms with Gasteiger partial charge >= 0.3 is 0 Å². The highest BCUT2D eigenvalue weighted by atomic mass is 127. The van der Waals surface area contributed by atoms with Crippen molar-refractivity contribution in [2.45, 2.75) is 20.3 Å². The van der Waals surface area contributed by atoms with Gasteiger partial charge in [0, 0.05) is 30.2 Å². The third kappa shape index (κ3) is 9.09. The van der Waals surface area contributed by atoms with Crippen molar-refractivity contribution >= 4 is 47.4 Å². The summed E-state index contributed by atoms with van der Waals surface area (Å²) < 4.78 is 0. The fourth-order valence-electron chi connectivity index (χ4n) is 1.57. The molecule has 5 nitrogen and oxygen atoms in total. The van der Waals surface area contributed by atoms with Gasteiger partial charge in [-0.3, -0.25) is 9.79 Å². The number of hydrogen-bond donors (Lipinski definition) is 3. The molecule has 0 spiro atoms. The summed E-state index contributed by atoms with van der Waals surface area (Å²) in [6.45, 7) is 6.02. The third-order valence-electron chi connectivity index (χ3n) is 2.81. The zero-order valence-electron chi connectivity index (χ0n) is 12.9. The zero-order chi connectivity index (χ0) is 15.7. The minimum atomic E-state index is -0.135. The summed E-state index contributed by atoms with van der Waals surface area (Å²) in [5.74, 6) is 0.889. The van der Waals surface area contributed by atoms with Crippen molar-refractivity contribution in [3.8, 4) is 0 Å². The molecule has 0 aliphatic rings. The second-order valence-electron chi connectivity index (χ2n) is 5.14. The van der Waals surface area contributed by atoms with Crippen LogP contribution in [0.5, 0.6) is 0 Å². The second-order valence-corrected chi connectivity index (χ2v) is 5.58. The van der Waals surface area contributed by atoms with Crippen LogP contribution < -0.4 is 16.4 Å². The molecule has 1 rings (SSSR count). The van der Waals surface area contributed by atoms with Crippen LogP contribution in [0.3, 0.4) is 0 Å². The Morgan fingerprint density at radius 2 is 1.82 bits per heavy atom. The molecule has 0 bridgehead atoms. The number of carbonyl (C=O) groups excluding carboxylic acids is 1. The highest BCUT2D eigenvalue weighted by Gasteiger charge is 2.03. The lowest BCUT2D eigenvalue weighted by Gasteiger charge is -2.08.